The monoisotopic (exact) mass is 372 g/mol. The van der Waals surface area contributed by atoms with E-state index in [1.807, 2.05) is 27.7 Å². The Bertz CT molecular complexity index is 767. The van der Waals surface area contributed by atoms with Gasteiger partial charge in [0.05, 0.1) is 49.9 Å². The quantitative estimate of drug-likeness (QED) is 0.734. The Labute approximate surface area is 147 Å². The maximum absolute atomic E-state index is 12.5. The Balaban J connectivity index is 1.89. The van der Waals surface area contributed by atoms with Gasteiger partial charge in [-0.15, -0.1) is 0 Å². The number of fused-ring (bicyclic) bond motifs is 1. The van der Waals surface area contributed by atoms with Gasteiger partial charge in [0.25, 0.3) is 10.0 Å². The molecule has 140 valence electrons. The lowest BCUT2D eigenvalue weighted by Gasteiger charge is -2.36. The normalized spacial score (nSPS) is 23.3. The lowest BCUT2D eigenvalue weighted by atomic mass is 10.2. The van der Waals surface area contributed by atoms with Gasteiger partial charge in [-0.25, -0.2) is 13.2 Å². The van der Waals surface area contributed by atoms with E-state index >= 15 is 0 Å². The summed E-state index contributed by atoms with van der Waals surface area (Å²) in [5.74, 6) is -0.343. The van der Waals surface area contributed by atoms with Crippen molar-refractivity contribution in [3.63, 3.8) is 0 Å². The second-order valence-electron chi connectivity index (χ2n) is 7.33. The van der Waals surface area contributed by atoms with E-state index in [0.717, 1.165) is 0 Å². The summed E-state index contributed by atoms with van der Waals surface area (Å²) in [4.78, 5) is 14.1. The predicted octanol–water partition coefficient (Wildman–Crippen LogP) is 1.15. The minimum atomic E-state index is -3.54. The molecule has 25 heavy (non-hydrogen) atoms. The van der Waals surface area contributed by atoms with Gasteiger partial charge in [0.1, 0.15) is 5.60 Å². The number of amides is 1. The summed E-state index contributed by atoms with van der Waals surface area (Å²) in [6.45, 7) is 8.66. The zero-order chi connectivity index (χ0) is 18.4. The molecule has 0 radical (unpaired) electrons. The van der Waals surface area contributed by atoms with Crippen molar-refractivity contribution >= 4 is 21.8 Å². The number of hydrogen-bond acceptors (Lipinski definition) is 6. The van der Waals surface area contributed by atoms with Gasteiger partial charge in [0.2, 0.25) is 0 Å². The Morgan fingerprint density at radius 3 is 2.76 bits per heavy atom. The molecule has 1 aromatic rings. The second-order valence-corrected chi connectivity index (χ2v) is 9.17. The fourth-order valence-electron chi connectivity index (χ4n) is 2.94. The van der Waals surface area contributed by atoms with Crippen LogP contribution in [0.2, 0.25) is 0 Å². The number of rotatable bonds is 1. The van der Waals surface area contributed by atoms with E-state index in [1.54, 1.807) is 15.8 Å². The van der Waals surface area contributed by atoms with Crippen LogP contribution in [0, 0.1) is 0 Å². The van der Waals surface area contributed by atoms with Crippen LogP contribution in [0.3, 0.4) is 0 Å². The molecule has 0 unspecified atom stereocenters. The van der Waals surface area contributed by atoms with Crippen LogP contribution in [0.15, 0.2) is 6.20 Å². The third-order valence-electron chi connectivity index (χ3n) is 4.12. The molecule has 2 aliphatic rings. The number of ether oxygens (including phenoxy) is 2. The van der Waals surface area contributed by atoms with Crippen molar-refractivity contribution < 1.29 is 22.7 Å². The molecular weight excluding hydrogens is 348 g/mol. The molecule has 1 fully saturated rings. The molecule has 1 saturated heterocycles. The number of hydrogen-bond donors (Lipinski definition) is 0. The summed E-state index contributed by atoms with van der Waals surface area (Å²) in [5.41, 5.74) is 0.600. The lowest BCUT2D eigenvalue weighted by Crippen LogP contribution is -2.48. The third kappa shape index (κ3) is 3.59. The molecule has 1 atom stereocenters. The summed E-state index contributed by atoms with van der Waals surface area (Å²) < 4.78 is 38.2. The molecule has 0 aliphatic carbocycles. The smallest absolute Gasteiger partial charge is 0.410 e. The van der Waals surface area contributed by atoms with Gasteiger partial charge in [0, 0.05) is 0 Å². The first kappa shape index (κ1) is 18.0. The van der Waals surface area contributed by atoms with Crippen LogP contribution in [0.5, 0.6) is 0 Å². The van der Waals surface area contributed by atoms with Crippen LogP contribution >= 0.6 is 0 Å². The molecule has 0 aromatic carbocycles. The summed E-state index contributed by atoms with van der Waals surface area (Å²) in [6.07, 6.45) is 1.13. The molecule has 9 nitrogen and oxygen atoms in total. The number of nitrogens with zero attached hydrogens (tertiary/aromatic N) is 4. The van der Waals surface area contributed by atoms with Crippen LogP contribution in [0.25, 0.3) is 0 Å². The van der Waals surface area contributed by atoms with Gasteiger partial charge >= 0.3 is 6.09 Å². The zero-order valence-corrected chi connectivity index (χ0v) is 15.7. The second kappa shape index (κ2) is 6.17. The van der Waals surface area contributed by atoms with E-state index in [4.69, 9.17) is 9.47 Å². The highest BCUT2D eigenvalue weighted by atomic mass is 32.2. The number of carbonyl (C=O) groups excluding carboxylic acids is 1. The van der Waals surface area contributed by atoms with Crippen molar-refractivity contribution in [3.8, 4) is 0 Å². The molecule has 3 heterocycles. The Kier molecular flexibility index (Phi) is 4.44. The first-order valence-corrected chi connectivity index (χ1v) is 9.82. The van der Waals surface area contributed by atoms with Crippen LogP contribution in [-0.4, -0.2) is 59.9 Å². The molecule has 0 bridgehead atoms. The number of anilines is 1. The van der Waals surface area contributed by atoms with Gasteiger partial charge in [-0.1, -0.05) is 0 Å². The Morgan fingerprint density at radius 1 is 1.40 bits per heavy atom. The van der Waals surface area contributed by atoms with E-state index < -0.39 is 21.7 Å². The fraction of sp³-hybridized carbons (Fsp3) is 0.733. The average Bonchev–Trinajstić information content (AvgIpc) is 2.86. The highest BCUT2D eigenvalue weighted by Crippen LogP contribution is 2.30. The molecule has 1 amide bonds. The standard InChI is InChI=1S/C15H24N4O5S/c1-11-8-18-13(9-17(11)14(20)24-15(2,3)4)12(7-16-18)19-5-6-23-10-25(19,21)22/h7,11H,5-6,8-10H2,1-4H3/t11-/m0/s1. The van der Waals surface area contributed by atoms with Crippen molar-refractivity contribution in [1.82, 2.24) is 14.7 Å². The summed E-state index contributed by atoms with van der Waals surface area (Å²) in [5, 5.41) is 4.31. The largest absolute Gasteiger partial charge is 0.444 e. The average molecular weight is 372 g/mol. The zero-order valence-electron chi connectivity index (χ0n) is 14.9. The Hall–Kier alpha value is -1.81. The SMILES string of the molecule is C[C@H]1Cn2ncc(N3CCOCS3(=O)=O)c2CN1C(=O)OC(C)(C)C. The van der Waals surface area contributed by atoms with Crippen molar-refractivity contribution in [1.29, 1.82) is 0 Å². The predicted molar refractivity (Wildman–Crippen MR) is 90.6 cm³/mol. The van der Waals surface area contributed by atoms with Crippen LogP contribution < -0.4 is 4.31 Å². The molecule has 0 spiro atoms. The molecule has 1 aromatic heterocycles. The van der Waals surface area contributed by atoms with Gasteiger partial charge in [-0.05, 0) is 27.7 Å². The summed E-state index contributed by atoms with van der Waals surface area (Å²) in [6, 6.07) is -0.101. The maximum Gasteiger partial charge on any atom is 0.410 e. The van der Waals surface area contributed by atoms with E-state index in [0.29, 0.717) is 24.5 Å². The Morgan fingerprint density at radius 2 is 2.12 bits per heavy atom. The molecule has 0 saturated carbocycles. The van der Waals surface area contributed by atoms with E-state index in [-0.39, 0.29) is 25.1 Å². The fourth-order valence-corrected chi connectivity index (χ4v) is 4.21. The maximum atomic E-state index is 12.5. The number of carbonyl (C=O) groups is 1. The first-order chi connectivity index (χ1) is 11.6. The van der Waals surface area contributed by atoms with E-state index in [1.165, 1.54) is 4.31 Å². The molecular formula is C15H24N4O5S. The molecule has 2 aliphatic heterocycles. The highest BCUT2D eigenvalue weighted by molar-refractivity contribution is 7.92. The molecule has 0 N–H and O–H groups in total. The van der Waals surface area contributed by atoms with Gasteiger partial charge in [0.15, 0.2) is 5.94 Å². The van der Waals surface area contributed by atoms with Gasteiger partial charge < -0.3 is 9.47 Å². The van der Waals surface area contributed by atoms with Crippen molar-refractivity contribution in [3.05, 3.63) is 11.9 Å². The minimum Gasteiger partial charge on any atom is -0.444 e. The van der Waals surface area contributed by atoms with Gasteiger partial charge in [-0.2, -0.15) is 5.10 Å². The number of sulfonamides is 1. The number of aromatic nitrogens is 2. The van der Waals surface area contributed by atoms with Crippen molar-refractivity contribution in [2.75, 3.05) is 23.4 Å². The van der Waals surface area contributed by atoms with E-state index in [2.05, 4.69) is 5.10 Å². The molecule has 3 rings (SSSR count). The van der Waals surface area contributed by atoms with Crippen LogP contribution in [0.1, 0.15) is 33.4 Å². The first-order valence-electron chi connectivity index (χ1n) is 8.21. The van der Waals surface area contributed by atoms with Crippen LogP contribution in [0.4, 0.5) is 10.5 Å². The highest BCUT2D eigenvalue weighted by Gasteiger charge is 2.36. The van der Waals surface area contributed by atoms with Crippen molar-refractivity contribution in [2.24, 2.45) is 0 Å². The van der Waals surface area contributed by atoms with E-state index in [9.17, 15) is 13.2 Å². The summed E-state index contributed by atoms with van der Waals surface area (Å²) in [7, 11) is -3.54. The topological polar surface area (TPSA) is 94.0 Å². The summed E-state index contributed by atoms with van der Waals surface area (Å²) >= 11 is 0. The molecule has 10 heteroatoms. The third-order valence-corrected chi connectivity index (χ3v) is 5.63. The van der Waals surface area contributed by atoms with Crippen molar-refractivity contribution in [2.45, 2.75) is 52.4 Å². The lowest BCUT2D eigenvalue weighted by molar-refractivity contribution is 0.00913. The minimum absolute atomic E-state index is 0.101. The van der Waals surface area contributed by atoms with Gasteiger partial charge in [-0.3, -0.25) is 13.9 Å². The van der Waals surface area contributed by atoms with Crippen LogP contribution in [-0.2, 0) is 32.6 Å².